The molecule has 0 saturated heterocycles. The largest absolute Gasteiger partial charge is 0.383 e. The molecule has 1 aromatic heterocycles. The molecule has 0 bridgehead atoms. The first-order valence-corrected chi connectivity index (χ1v) is 7.12. The Morgan fingerprint density at radius 2 is 2.05 bits per heavy atom. The minimum Gasteiger partial charge on any atom is -0.383 e. The Morgan fingerprint density at radius 3 is 2.64 bits per heavy atom. The molecule has 0 radical (unpaired) electrons. The molecule has 6 heteroatoms. The highest BCUT2D eigenvalue weighted by molar-refractivity contribution is 5.95. The number of methoxy groups -OCH3 is 1. The van der Waals surface area contributed by atoms with Gasteiger partial charge in [0, 0.05) is 12.5 Å². The molecule has 6 nitrogen and oxygen atoms in total. The van der Waals surface area contributed by atoms with Crippen molar-refractivity contribution in [3.05, 3.63) is 40.6 Å². The first-order valence-electron chi connectivity index (χ1n) is 7.12. The van der Waals surface area contributed by atoms with Crippen LogP contribution in [0.15, 0.2) is 30.5 Å². The normalized spacial score (nSPS) is 13.1. The molecule has 22 heavy (non-hydrogen) atoms. The Morgan fingerprint density at radius 1 is 1.36 bits per heavy atom. The van der Waals surface area contributed by atoms with E-state index in [0.717, 1.165) is 10.9 Å². The van der Waals surface area contributed by atoms with Crippen LogP contribution in [0.5, 0.6) is 0 Å². The van der Waals surface area contributed by atoms with Crippen LogP contribution in [0.2, 0.25) is 0 Å². The SMILES string of the molecule is COCC(Nc1c([N+](=O)[O-])cnc2ccccc12)C(C)(C)C. The smallest absolute Gasteiger partial charge is 0.311 e. The summed E-state index contributed by atoms with van der Waals surface area (Å²) in [6.07, 6.45) is 1.30. The average molecular weight is 303 g/mol. The number of hydrogen-bond acceptors (Lipinski definition) is 5. The Kier molecular flexibility index (Phi) is 4.61. The fourth-order valence-electron chi connectivity index (χ4n) is 2.27. The number of hydrogen-bond donors (Lipinski definition) is 1. The van der Waals surface area contributed by atoms with E-state index in [4.69, 9.17) is 4.74 Å². The molecule has 2 rings (SSSR count). The lowest BCUT2D eigenvalue weighted by molar-refractivity contribution is -0.384. The summed E-state index contributed by atoms with van der Waals surface area (Å²) < 4.78 is 5.27. The lowest BCUT2D eigenvalue weighted by Crippen LogP contribution is -2.38. The van der Waals surface area contributed by atoms with Crippen molar-refractivity contribution in [3.8, 4) is 0 Å². The number of nitrogens with one attached hydrogen (secondary N) is 1. The summed E-state index contributed by atoms with van der Waals surface area (Å²) in [4.78, 5) is 15.1. The molecule has 1 heterocycles. The summed E-state index contributed by atoms with van der Waals surface area (Å²) >= 11 is 0. The van der Waals surface area contributed by atoms with Crippen molar-refractivity contribution in [2.45, 2.75) is 26.8 Å². The second-order valence-corrected chi connectivity index (χ2v) is 6.31. The molecule has 0 spiro atoms. The highest BCUT2D eigenvalue weighted by Crippen LogP contribution is 2.34. The number of nitrogens with zero attached hydrogens (tertiary/aromatic N) is 2. The van der Waals surface area contributed by atoms with Crippen LogP contribution >= 0.6 is 0 Å². The van der Waals surface area contributed by atoms with E-state index in [2.05, 4.69) is 31.1 Å². The molecule has 0 amide bonds. The van der Waals surface area contributed by atoms with Crippen molar-refractivity contribution in [2.75, 3.05) is 19.0 Å². The Balaban J connectivity index is 2.56. The molecular formula is C16H21N3O3. The fraction of sp³-hybridized carbons (Fsp3) is 0.438. The van der Waals surface area contributed by atoms with Crippen LogP contribution in [0.25, 0.3) is 10.9 Å². The molecule has 2 aromatic rings. The van der Waals surface area contributed by atoms with Gasteiger partial charge in [0.2, 0.25) is 0 Å². The van der Waals surface area contributed by atoms with E-state index < -0.39 is 4.92 Å². The third kappa shape index (κ3) is 3.33. The van der Waals surface area contributed by atoms with E-state index in [1.54, 1.807) is 7.11 Å². The van der Waals surface area contributed by atoms with E-state index in [0.29, 0.717) is 12.3 Å². The van der Waals surface area contributed by atoms with Gasteiger partial charge in [0.15, 0.2) is 0 Å². The molecule has 0 saturated carbocycles. The zero-order valence-electron chi connectivity index (χ0n) is 13.3. The molecule has 1 aromatic carbocycles. The monoisotopic (exact) mass is 303 g/mol. The van der Waals surface area contributed by atoms with Crippen LogP contribution in [0.1, 0.15) is 20.8 Å². The van der Waals surface area contributed by atoms with Gasteiger partial charge in [-0.15, -0.1) is 0 Å². The second-order valence-electron chi connectivity index (χ2n) is 6.31. The fourth-order valence-corrected chi connectivity index (χ4v) is 2.27. The minimum atomic E-state index is -0.408. The third-order valence-corrected chi connectivity index (χ3v) is 3.65. The van der Waals surface area contributed by atoms with E-state index in [-0.39, 0.29) is 17.1 Å². The summed E-state index contributed by atoms with van der Waals surface area (Å²) in [6.45, 7) is 6.66. The molecule has 1 atom stereocenters. The number of benzene rings is 1. The summed E-state index contributed by atoms with van der Waals surface area (Å²) in [5.74, 6) is 0. The van der Waals surface area contributed by atoms with E-state index in [1.807, 2.05) is 24.3 Å². The number of nitro groups is 1. The number of ether oxygens (including phenoxy) is 1. The Bertz CT molecular complexity index is 680. The quantitative estimate of drug-likeness (QED) is 0.674. The van der Waals surface area contributed by atoms with Gasteiger partial charge in [0.05, 0.1) is 23.1 Å². The van der Waals surface area contributed by atoms with Gasteiger partial charge in [-0.2, -0.15) is 0 Å². The van der Waals surface area contributed by atoms with Crippen LogP contribution in [0.4, 0.5) is 11.4 Å². The van der Waals surface area contributed by atoms with Crippen molar-refractivity contribution in [2.24, 2.45) is 5.41 Å². The van der Waals surface area contributed by atoms with E-state index in [9.17, 15) is 10.1 Å². The van der Waals surface area contributed by atoms with Crippen LogP contribution in [-0.4, -0.2) is 29.7 Å². The molecule has 1 N–H and O–H groups in total. The number of anilines is 1. The van der Waals surface area contributed by atoms with E-state index in [1.165, 1.54) is 6.20 Å². The van der Waals surface area contributed by atoms with Crippen molar-refractivity contribution in [1.29, 1.82) is 0 Å². The van der Waals surface area contributed by atoms with Crippen LogP contribution in [0.3, 0.4) is 0 Å². The number of aromatic nitrogens is 1. The van der Waals surface area contributed by atoms with Crippen LogP contribution in [0, 0.1) is 15.5 Å². The maximum absolute atomic E-state index is 11.3. The van der Waals surface area contributed by atoms with Crippen molar-refractivity contribution in [3.63, 3.8) is 0 Å². The second kappa shape index (κ2) is 6.27. The third-order valence-electron chi connectivity index (χ3n) is 3.65. The predicted molar refractivity (Wildman–Crippen MR) is 87.1 cm³/mol. The van der Waals surface area contributed by atoms with Crippen molar-refractivity contribution in [1.82, 2.24) is 4.98 Å². The van der Waals surface area contributed by atoms with Gasteiger partial charge in [-0.25, -0.2) is 4.98 Å². The molecule has 0 aliphatic rings. The number of fused-ring (bicyclic) bond motifs is 1. The van der Waals surface area contributed by atoms with Crippen LogP contribution in [-0.2, 0) is 4.74 Å². The first kappa shape index (κ1) is 16.2. The van der Waals surface area contributed by atoms with Gasteiger partial charge >= 0.3 is 5.69 Å². The molecule has 0 fully saturated rings. The summed E-state index contributed by atoms with van der Waals surface area (Å²) in [6, 6.07) is 7.32. The lowest BCUT2D eigenvalue weighted by atomic mass is 9.87. The highest BCUT2D eigenvalue weighted by atomic mass is 16.6. The molecule has 0 aliphatic carbocycles. The maximum atomic E-state index is 11.3. The zero-order valence-corrected chi connectivity index (χ0v) is 13.3. The number of pyridine rings is 1. The van der Waals surface area contributed by atoms with Gasteiger partial charge in [-0.1, -0.05) is 39.0 Å². The van der Waals surface area contributed by atoms with Gasteiger partial charge < -0.3 is 10.1 Å². The van der Waals surface area contributed by atoms with Gasteiger partial charge in [-0.05, 0) is 11.5 Å². The standard InChI is InChI=1S/C16H21N3O3/c1-16(2,3)14(10-22-4)18-15-11-7-5-6-8-12(11)17-9-13(15)19(20)21/h5-9,14H,10H2,1-4H3,(H,17,18). The van der Waals surface area contributed by atoms with Gasteiger partial charge in [0.25, 0.3) is 0 Å². The number of rotatable bonds is 5. The first-order chi connectivity index (χ1) is 10.3. The van der Waals surface area contributed by atoms with Gasteiger partial charge in [0.1, 0.15) is 11.9 Å². The van der Waals surface area contributed by atoms with Crippen LogP contribution < -0.4 is 5.32 Å². The summed E-state index contributed by atoms with van der Waals surface area (Å²) in [5, 5.41) is 15.4. The minimum absolute atomic E-state index is 0.0240. The summed E-state index contributed by atoms with van der Waals surface area (Å²) in [7, 11) is 1.62. The molecule has 0 aliphatic heterocycles. The number of para-hydroxylation sites is 1. The molecule has 118 valence electrons. The van der Waals surface area contributed by atoms with Gasteiger partial charge in [-0.3, -0.25) is 10.1 Å². The Hall–Kier alpha value is -2.21. The Labute approximate surface area is 129 Å². The predicted octanol–water partition coefficient (Wildman–Crippen LogP) is 3.62. The maximum Gasteiger partial charge on any atom is 0.311 e. The molecule has 1 unspecified atom stereocenters. The topological polar surface area (TPSA) is 77.3 Å². The zero-order chi connectivity index (χ0) is 16.3. The molecular weight excluding hydrogens is 282 g/mol. The highest BCUT2D eigenvalue weighted by Gasteiger charge is 2.28. The summed E-state index contributed by atoms with van der Waals surface area (Å²) in [5.41, 5.74) is 1.08. The lowest BCUT2D eigenvalue weighted by Gasteiger charge is -2.31. The van der Waals surface area contributed by atoms with Crippen molar-refractivity contribution >= 4 is 22.3 Å². The van der Waals surface area contributed by atoms with Crippen molar-refractivity contribution < 1.29 is 9.66 Å². The van der Waals surface area contributed by atoms with E-state index >= 15 is 0 Å². The average Bonchev–Trinajstić information content (AvgIpc) is 2.45.